The van der Waals surface area contributed by atoms with E-state index in [2.05, 4.69) is 10.3 Å². The first-order valence-electron chi connectivity index (χ1n) is 7.60. The third-order valence-electron chi connectivity index (χ3n) is 3.66. The topological polar surface area (TPSA) is 86.9 Å². The fourth-order valence-electron chi connectivity index (χ4n) is 2.33. The summed E-state index contributed by atoms with van der Waals surface area (Å²) in [4.78, 5) is 31.3. The molecule has 3 rings (SSSR count). The van der Waals surface area contributed by atoms with Crippen LogP contribution < -0.4 is 10.9 Å². The molecule has 1 aliphatic rings. The number of hydrogen-bond donors (Lipinski definition) is 2. The van der Waals surface area contributed by atoms with Crippen molar-refractivity contribution in [1.29, 1.82) is 0 Å². The van der Waals surface area contributed by atoms with Crippen LogP contribution >= 0.6 is 24.0 Å². The zero-order valence-electron chi connectivity index (χ0n) is 13.4. The Morgan fingerprint density at radius 2 is 2.20 bits per heavy atom. The average molecular weight is 376 g/mol. The van der Waals surface area contributed by atoms with Crippen molar-refractivity contribution in [3.05, 3.63) is 45.2 Å². The van der Waals surface area contributed by atoms with Crippen molar-refractivity contribution in [3.8, 4) is 0 Å². The van der Waals surface area contributed by atoms with E-state index in [0.717, 1.165) is 11.8 Å². The molecule has 2 aromatic rings. The first kappa shape index (κ1) is 17.6. The zero-order valence-corrected chi connectivity index (χ0v) is 15.1. The molecule has 0 spiro atoms. The van der Waals surface area contributed by atoms with Gasteiger partial charge in [-0.2, -0.15) is 0 Å². The molecule has 1 aliphatic heterocycles. The van der Waals surface area contributed by atoms with Gasteiger partial charge in [-0.15, -0.1) is 0 Å². The molecule has 0 saturated carbocycles. The maximum absolute atomic E-state index is 12.9. The molecule has 7 nitrogen and oxygen atoms in total. The van der Waals surface area contributed by atoms with E-state index < -0.39 is 0 Å². The molecule has 0 bridgehead atoms. The molecule has 2 aromatic heterocycles. The normalized spacial score (nSPS) is 16.2. The lowest BCUT2D eigenvalue weighted by molar-refractivity contribution is -0.121. The number of nitrogens with zero attached hydrogens (tertiary/aromatic N) is 3. The van der Waals surface area contributed by atoms with Gasteiger partial charge in [-0.05, 0) is 24.6 Å². The van der Waals surface area contributed by atoms with E-state index in [-0.39, 0.29) is 23.6 Å². The van der Waals surface area contributed by atoms with Crippen molar-refractivity contribution in [2.45, 2.75) is 6.42 Å². The van der Waals surface area contributed by atoms with Gasteiger partial charge in [-0.1, -0.05) is 30.0 Å². The molecular weight excluding hydrogens is 360 g/mol. The van der Waals surface area contributed by atoms with Crippen LogP contribution in [-0.4, -0.2) is 49.8 Å². The molecule has 1 saturated heterocycles. The lowest BCUT2D eigenvalue weighted by Gasteiger charge is -2.10. The van der Waals surface area contributed by atoms with Crippen molar-refractivity contribution in [2.75, 3.05) is 25.5 Å². The summed E-state index contributed by atoms with van der Waals surface area (Å²) in [5.74, 6) is 0.139. The highest BCUT2D eigenvalue weighted by atomic mass is 32.2. The van der Waals surface area contributed by atoms with Gasteiger partial charge in [0, 0.05) is 26.4 Å². The van der Waals surface area contributed by atoms with Crippen LogP contribution in [-0.2, 0) is 4.79 Å². The van der Waals surface area contributed by atoms with Crippen molar-refractivity contribution >= 4 is 51.7 Å². The van der Waals surface area contributed by atoms with Crippen LogP contribution in [0.1, 0.15) is 12.0 Å². The van der Waals surface area contributed by atoms with Crippen LogP contribution in [0.25, 0.3) is 11.7 Å². The second-order valence-electron chi connectivity index (χ2n) is 5.35. The van der Waals surface area contributed by atoms with Crippen LogP contribution in [0.15, 0.2) is 34.1 Å². The number of carbonyl (C=O) groups excluding carboxylic acids is 1. The molecule has 1 fully saturated rings. The van der Waals surface area contributed by atoms with Crippen molar-refractivity contribution in [1.82, 2.24) is 14.3 Å². The number of anilines is 1. The highest BCUT2D eigenvalue weighted by Gasteiger charge is 2.29. The third-order valence-corrected chi connectivity index (χ3v) is 5.14. The van der Waals surface area contributed by atoms with Gasteiger partial charge in [0.15, 0.2) is 0 Å². The molecule has 3 heterocycles. The summed E-state index contributed by atoms with van der Waals surface area (Å²) in [5.41, 5.74) is 0.508. The predicted octanol–water partition coefficient (Wildman–Crippen LogP) is 1.32. The fourth-order valence-corrected chi connectivity index (χ4v) is 3.49. The first-order valence-corrected chi connectivity index (χ1v) is 8.83. The lowest BCUT2D eigenvalue weighted by Crippen LogP contribution is -2.23. The first-order chi connectivity index (χ1) is 12.0. The molecule has 0 atom stereocenters. The van der Waals surface area contributed by atoms with Crippen LogP contribution in [0, 0.1) is 0 Å². The van der Waals surface area contributed by atoms with Gasteiger partial charge in [-0.25, -0.2) is 4.98 Å². The number of nitrogens with one attached hydrogen (secondary N) is 1. The number of pyridine rings is 1. The summed E-state index contributed by atoms with van der Waals surface area (Å²) < 4.78 is 1.87. The number of thiocarbonyl (C=S) groups is 1. The maximum Gasteiger partial charge on any atom is 0.267 e. The molecule has 0 aliphatic carbocycles. The van der Waals surface area contributed by atoms with Gasteiger partial charge in [0.2, 0.25) is 0 Å². The number of carbonyl (C=O) groups is 1. The summed E-state index contributed by atoms with van der Waals surface area (Å²) in [6.45, 7) is 0.491. The summed E-state index contributed by atoms with van der Waals surface area (Å²) in [7, 11) is 1.60. The molecule has 1 amide bonds. The lowest BCUT2D eigenvalue weighted by atomic mass is 10.2. The second-order valence-corrected chi connectivity index (χ2v) is 7.03. The Kier molecular flexibility index (Phi) is 5.16. The molecular formula is C16H16N4O3S2. The number of likely N-dealkylation sites (N-methyl/N-ethyl adjacent to an activating group) is 1. The average Bonchev–Trinajstić information content (AvgIpc) is 2.85. The number of rotatable bonds is 5. The number of hydrogen-bond acceptors (Lipinski definition) is 7. The highest BCUT2D eigenvalue weighted by molar-refractivity contribution is 8.26. The van der Waals surface area contributed by atoms with E-state index >= 15 is 0 Å². The molecule has 2 N–H and O–H groups in total. The minimum Gasteiger partial charge on any atom is -0.396 e. The standard InChI is InChI=1S/C16H16N4O3S2/c1-19-15(23)11(25-16(19)24)9-10-13(17-6-4-8-21)18-12-5-2-3-7-20(12)14(10)22/h2-3,5,7,9,17,21H,4,6,8H2,1H3/b11-9+. The molecule has 9 heteroatoms. The van der Waals surface area contributed by atoms with E-state index in [0.29, 0.717) is 33.7 Å². The third kappa shape index (κ3) is 3.44. The Balaban J connectivity index is 2.13. The number of aromatic nitrogens is 2. The number of aliphatic hydroxyl groups is 1. The smallest absolute Gasteiger partial charge is 0.267 e. The largest absolute Gasteiger partial charge is 0.396 e. The summed E-state index contributed by atoms with van der Waals surface area (Å²) in [6, 6.07) is 5.26. The van der Waals surface area contributed by atoms with Crippen molar-refractivity contribution in [3.63, 3.8) is 0 Å². The van der Waals surface area contributed by atoms with Gasteiger partial charge in [0.1, 0.15) is 15.8 Å². The highest BCUT2D eigenvalue weighted by Crippen LogP contribution is 2.31. The molecule has 0 radical (unpaired) electrons. The molecule has 0 unspecified atom stereocenters. The molecule has 0 aromatic carbocycles. The van der Waals surface area contributed by atoms with E-state index in [4.69, 9.17) is 17.3 Å². The Bertz CT molecular complexity index is 939. The molecule has 130 valence electrons. The molecule has 25 heavy (non-hydrogen) atoms. The summed E-state index contributed by atoms with van der Waals surface area (Å²) in [5, 5.41) is 12.0. The van der Waals surface area contributed by atoms with Crippen LogP contribution in [0.3, 0.4) is 0 Å². The van der Waals surface area contributed by atoms with Crippen LogP contribution in [0.2, 0.25) is 0 Å². The van der Waals surface area contributed by atoms with E-state index in [1.165, 1.54) is 15.4 Å². The predicted molar refractivity (Wildman–Crippen MR) is 103 cm³/mol. The Morgan fingerprint density at radius 1 is 1.40 bits per heavy atom. The quantitative estimate of drug-likeness (QED) is 0.462. The summed E-state index contributed by atoms with van der Waals surface area (Å²) >= 11 is 6.28. The Labute approximate surface area is 153 Å². The summed E-state index contributed by atoms with van der Waals surface area (Å²) in [6.07, 6.45) is 3.68. The van der Waals surface area contributed by atoms with Crippen molar-refractivity contribution < 1.29 is 9.90 Å². The van der Waals surface area contributed by atoms with E-state index in [1.807, 2.05) is 0 Å². The van der Waals surface area contributed by atoms with Gasteiger partial charge >= 0.3 is 0 Å². The van der Waals surface area contributed by atoms with Crippen LogP contribution in [0.4, 0.5) is 5.82 Å². The van der Waals surface area contributed by atoms with E-state index in [1.54, 1.807) is 31.4 Å². The maximum atomic E-state index is 12.9. The number of fused-ring (bicyclic) bond motifs is 1. The van der Waals surface area contributed by atoms with Gasteiger partial charge < -0.3 is 10.4 Å². The number of aliphatic hydroxyl groups excluding tert-OH is 1. The van der Waals surface area contributed by atoms with Gasteiger partial charge in [0.25, 0.3) is 11.5 Å². The Morgan fingerprint density at radius 3 is 2.88 bits per heavy atom. The zero-order chi connectivity index (χ0) is 18.0. The van der Waals surface area contributed by atoms with E-state index in [9.17, 15) is 9.59 Å². The van der Waals surface area contributed by atoms with Crippen molar-refractivity contribution in [2.24, 2.45) is 0 Å². The SMILES string of the molecule is CN1C(=O)/C(=C\c2c(NCCCO)nc3ccccn3c2=O)SC1=S. The van der Waals surface area contributed by atoms with Gasteiger partial charge in [-0.3, -0.25) is 18.9 Å². The number of amides is 1. The minimum atomic E-state index is -0.279. The monoisotopic (exact) mass is 376 g/mol. The Hall–Kier alpha value is -2.23. The van der Waals surface area contributed by atoms with Gasteiger partial charge in [0.05, 0.1) is 10.5 Å². The minimum absolute atomic E-state index is 0.0311. The number of thioether (sulfide) groups is 1. The second kappa shape index (κ2) is 7.34. The fraction of sp³-hybridized carbons (Fsp3) is 0.250. The van der Waals surface area contributed by atoms with Crippen LogP contribution in [0.5, 0.6) is 0 Å².